The van der Waals surface area contributed by atoms with E-state index in [9.17, 15) is 4.79 Å². The Morgan fingerprint density at radius 3 is 2.89 bits per heavy atom. The molecule has 1 aromatic rings. The van der Waals surface area contributed by atoms with Gasteiger partial charge in [0.05, 0.1) is 12.6 Å². The quantitative estimate of drug-likeness (QED) is 0.769. The predicted octanol–water partition coefficient (Wildman–Crippen LogP) is 1.75. The zero-order valence-electron chi connectivity index (χ0n) is 11.1. The van der Waals surface area contributed by atoms with Gasteiger partial charge in [0.2, 0.25) is 5.91 Å². The number of thiophene rings is 1. The van der Waals surface area contributed by atoms with Crippen LogP contribution in [0.15, 0.2) is 17.5 Å². The Hall–Kier alpha value is -1.31. The van der Waals surface area contributed by atoms with Crippen LogP contribution in [-0.2, 0) is 10.2 Å². The molecule has 18 heavy (non-hydrogen) atoms. The van der Waals surface area contributed by atoms with Crippen molar-refractivity contribution in [2.75, 3.05) is 13.1 Å². The number of rotatable bonds is 6. The fourth-order valence-electron chi connectivity index (χ4n) is 1.54. The minimum Gasteiger partial charge on any atom is -0.344 e. The largest absolute Gasteiger partial charge is 0.344 e. The van der Waals surface area contributed by atoms with Crippen LogP contribution >= 0.6 is 11.3 Å². The third kappa shape index (κ3) is 4.17. The highest BCUT2D eigenvalue weighted by atomic mass is 32.1. The van der Waals surface area contributed by atoms with Crippen LogP contribution in [0.4, 0.5) is 0 Å². The van der Waals surface area contributed by atoms with Gasteiger partial charge in [-0.1, -0.05) is 25.8 Å². The summed E-state index contributed by atoms with van der Waals surface area (Å²) in [6.45, 7) is 7.20. The average molecular weight is 264 g/mol. The van der Waals surface area contributed by atoms with Crippen molar-refractivity contribution in [1.82, 2.24) is 10.6 Å². The van der Waals surface area contributed by atoms with E-state index in [1.54, 1.807) is 11.3 Å². The highest BCUT2D eigenvalue weighted by Gasteiger charge is 2.23. The highest BCUT2D eigenvalue weighted by Crippen LogP contribution is 2.26. The molecule has 4 heteroatoms. The Kier molecular flexibility index (Phi) is 5.39. The third-order valence-electron chi connectivity index (χ3n) is 2.80. The normalized spacial score (nSPS) is 12.8. The van der Waals surface area contributed by atoms with Crippen LogP contribution in [0.1, 0.15) is 25.6 Å². The van der Waals surface area contributed by atoms with E-state index in [0.29, 0.717) is 0 Å². The molecule has 0 aliphatic rings. The number of hydrogen-bond acceptors (Lipinski definition) is 3. The fourth-order valence-corrected chi connectivity index (χ4v) is 2.40. The molecule has 0 fully saturated rings. The van der Waals surface area contributed by atoms with E-state index in [0.717, 1.165) is 6.54 Å². The van der Waals surface area contributed by atoms with Gasteiger partial charge >= 0.3 is 0 Å². The van der Waals surface area contributed by atoms with Crippen LogP contribution < -0.4 is 10.6 Å². The lowest BCUT2D eigenvalue weighted by Gasteiger charge is -2.25. The number of hydrogen-bond donors (Lipinski definition) is 2. The van der Waals surface area contributed by atoms with Crippen LogP contribution in [0.25, 0.3) is 0 Å². The molecule has 0 saturated heterocycles. The maximum absolute atomic E-state index is 11.6. The molecule has 1 aromatic heterocycles. The summed E-state index contributed by atoms with van der Waals surface area (Å²) in [5, 5.41) is 7.98. The van der Waals surface area contributed by atoms with Gasteiger partial charge in [-0.2, -0.15) is 0 Å². The molecule has 0 bridgehead atoms. The summed E-state index contributed by atoms with van der Waals surface area (Å²) in [5.74, 6) is 2.33. The molecule has 0 spiro atoms. The SMILES string of the molecule is C#CCNC(=O)C(C)NCC(C)(C)c1cccs1. The Balaban J connectivity index is 2.45. The summed E-state index contributed by atoms with van der Waals surface area (Å²) in [7, 11) is 0. The standard InChI is InChI=1S/C14H20N2OS/c1-5-8-15-13(17)11(2)16-10-14(3,4)12-7-6-9-18-12/h1,6-7,9,11,16H,8,10H2,2-4H3,(H,15,17). The smallest absolute Gasteiger partial charge is 0.237 e. The first-order valence-electron chi connectivity index (χ1n) is 5.96. The summed E-state index contributed by atoms with van der Waals surface area (Å²) >= 11 is 1.74. The maximum atomic E-state index is 11.6. The maximum Gasteiger partial charge on any atom is 0.237 e. The zero-order valence-corrected chi connectivity index (χ0v) is 11.9. The molecule has 0 aliphatic carbocycles. The van der Waals surface area contributed by atoms with Crippen molar-refractivity contribution < 1.29 is 4.79 Å². The number of carbonyl (C=O) groups is 1. The summed E-state index contributed by atoms with van der Waals surface area (Å²) in [6.07, 6.45) is 5.10. The Labute approximate surface area is 113 Å². The minimum absolute atomic E-state index is 0.0226. The minimum atomic E-state index is -0.238. The van der Waals surface area contributed by atoms with Crippen molar-refractivity contribution in [3.63, 3.8) is 0 Å². The van der Waals surface area contributed by atoms with Gasteiger partial charge in [0, 0.05) is 16.8 Å². The topological polar surface area (TPSA) is 41.1 Å². The molecule has 3 nitrogen and oxygen atoms in total. The van der Waals surface area contributed by atoms with Crippen LogP contribution in [0.2, 0.25) is 0 Å². The van der Waals surface area contributed by atoms with Gasteiger partial charge in [-0.15, -0.1) is 17.8 Å². The number of nitrogens with one attached hydrogen (secondary N) is 2. The molecule has 0 aromatic carbocycles. The van der Waals surface area contributed by atoms with Crippen molar-refractivity contribution in [2.45, 2.75) is 32.2 Å². The lowest BCUT2D eigenvalue weighted by Crippen LogP contribution is -2.46. The van der Waals surface area contributed by atoms with Crippen LogP contribution in [0.3, 0.4) is 0 Å². The molecule has 1 heterocycles. The van der Waals surface area contributed by atoms with Crippen LogP contribution in [-0.4, -0.2) is 25.0 Å². The van der Waals surface area contributed by atoms with Crippen molar-refractivity contribution in [3.05, 3.63) is 22.4 Å². The summed E-state index contributed by atoms with van der Waals surface area (Å²) in [4.78, 5) is 13.0. The van der Waals surface area contributed by atoms with Crippen molar-refractivity contribution in [3.8, 4) is 12.3 Å². The van der Waals surface area contributed by atoms with Gasteiger partial charge < -0.3 is 10.6 Å². The van der Waals surface area contributed by atoms with E-state index >= 15 is 0 Å². The van der Waals surface area contributed by atoms with Gasteiger partial charge in [0.15, 0.2) is 0 Å². The van der Waals surface area contributed by atoms with E-state index in [4.69, 9.17) is 6.42 Å². The molecule has 2 N–H and O–H groups in total. The lowest BCUT2D eigenvalue weighted by molar-refractivity contribution is -0.122. The molecule has 1 rings (SSSR count). The molecule has 1 amide bonds. The van der Waals surface area contributed by atoms with Gasteiger partial charge in [-0.3, -0.25) is 4.79 Å². The lowest BCUT2D eigenvalue weighted by atomic mass is 9.91. The Morgan fingerprint density at radius 1 is 1.61 bits per heavy atom. The number of terminal acetylenes is 1. The van der Waals surface area contributed by atoms with E-state index in [-0.39, 0.29) is 23.9 Å². The molecular formula is C14H20N2OS. The number of amides is 1. The summed E-state index contributed by atoms with van der Waals surface area (Å²) in [6, 6.07) is 3.93. The van der Waals surface area contributed by atoms with Crippen molar-refractivity contribution in [2.24, 2.45) is 0 Å². The Bertz CT molecular complexity index is 418. The van der Waals surface area contributed by atoms with E-state index in [1.807, 2.05) is 13.0 Å². The monoisotopic (exact) mass is 264 g/mol. The second-order valence-corrected chi connectivity index (χ2v) is 5.83. The van der Waals surface area contributed by atoms with Gasteiger partial charge in [0.25, 0.3) is 0 Å². The van der Waals surface area contributed by atoms with Gasteiger partial charge in [-0.05, 0) is 18.4 Å². The van der Waals surface area contributed by atoms with E-state index in [1.165, 1.54) is 4.88 Å². The van der Waals surface area contributed by atoms with Crippen molar-refractivity contribution in [1.29, 1.82) is 0 Å². The summed E-state index contributed by atoms with van der Waals surface area (Å²) < 4.78 is 0. The summed E-state index contributed by atoms with van der Waals surface area (Å²) in [5.41, 5.74) is 0.0226. The fraction of sp³-hybridized carbons (Fsp3) is 0.500. The first-order valence-corrected chi connectivity index (χ1v) is 6.84. The van der Waals surface area contributed by atoms with Gasteiger partial charge in [-0.25, -0.2) is 0 Å². The third-order valence-corrected chi connectivity index (χ3v) is 4.03. The molecule has 0 radical (unpaired) electrons. The van der Waals surface area contributed by atoms with E-state index < -0.39 is 0 Å². The predicted molar refractivity (Wildman–Crippen MR) is 76.7 cm³/mol. The highest BCUT2D eigenvalue weighted by molar-refractivity contribution is 7.10. The van der Waals surface area contributed by atoms with E-state index in [2.05, 4.69) is 41.8 Å². The second-order valence-electron chi connectivity index (χ2n) is 4.89. The second kappa shape index (κ2) is 6.58. The molecule has 0 saturated carbocycles. The number of carbonyl (C=O) groups excluding carboxylic acids is 1. The first-order chi connectivity index (χ1) is 8.47. The Morgan fingerprint density at radius 2 is 2.33 bits per heavy atom. The van der Waals surface area contributed by atoms with Crippen molar-refractivity contribution >= 4 is 17.2 Å². The average Bonchev–Trinajstić information content (AvgIpc) is 2.87. The van der Waals surface area contributed by atoms with Crippen LogP contribution in [0.5, 0.6) is 0 Å². The first kappa shape index (κ1) is 14.7. The molecular weight excluding hydrogens is 244 g/mol. The van der Waals surface area contributed by atoms with Crippen LogP contribution in [0, 0.1) is 12.3 Å². The van der Waals surface area contributed by atoms with Gasteiger partial charge in [0.1, 0.15) is 0 Å². The molecule has 98 valence electrons. The molecule has 0 aliphatic heterocycles. The molecule has 1 unspecified atom stereocenters. The zero-order chi connectivity index (χ0) is 13.6. The molecule has 1 atom stereocenters.